The number of hydrogen-bond acceptors (Lipinski definition) is 2. The lowest BCUT2D eigenvalue weighted by molar-refractivity contribution is 0.739. The van der Waals surface area contributed by atoms with Crippen molar-refractivity contribution >= 4 is 0 Å². The molecule has 46 valence electrons. The summed E-state index contributed by atoms with van der Waals surface area (Å²) >= 11 is 0. The molecule has 4 heteroatoms. The summed E-state index contributed by atoms with van der Waals surface area (Å²) in [5.74, 6) is 0. The van der Waals surface area contributed by atoms with Crippen molar-refractivity contribution < 1.29 is 0 Å². The van der Waals surface area contributed by atoms with Gasteiger partial charge in [-0.05, 0) is 0 Å². The SMILES string of the molecule is Cn1[nH]cc(C#N)c1=O. The minimum Gasteiger partial charge on any atom is -0.302 e. The van der Waals surface area contributed by atoms with Gasteiger partial charge in [0.25, 0.3) is 5.56 Å². The zero-order valence-corrected chi connectivity index (χ0v) is 4.88. The maximum atomic E-state index is 10.7. The van der Waals surface area contributed by atoms with Crippen LogP contribution in [-0.2, 0) is 7.05 Å². The number of aromatic nitrogens is 2. The minimum atomic E-state index is -0.280. The molecule has 1 heterocycles. The molecule has 1 N–H and O–H groups in total. The van der Waals surface area contributed by atoms with Crippen molar-refractivity contribution in [2.24, 2.45) is 7.05 Å². The number of nitrogens with zero attached hydrogens (tertiary/aromatic N) is 2. The second-order valence-electron chi connectivity index (χ2n) is 1.66. The lowest BCUT2D eigenvalue weighted by Crippen LogP contribution is -2.13. The summed E-state index contributed by atoms with van der Waals surface area (Å²) in [5, 5.41) is 10.8. The monoisotopic (exact) mass is 123 g/mol. The lowest BCUT2D eigenvalue weighted by Gasteiger charge is -1.80. The van der Waals surface area contributed by atoms with Crippen molar-refractivity contribution in [1.29, 1.82) is 5.26 Å². The van der Waals surface area contributed by atoms with Crippen LogP contribution in [0.1, 0.15) is 5.56 Å². The molecule has 9 heavy (non-hydrogen) atoms. The summed E-state index contributed by atoms with van der Waals surface area (Å²) in [6, 6.07) is 1.75. The third-order valence-corrected chi connectivity index (χ3v) is 1.06. The molecule has 0 radical (unpaired) electrons. The molecule has 1 aromatic rings. The van der Waals surface area contributed by atoms with Crippen molar-refractivity contribution in [1.82, 2.24) is 9.78 Å². The fraction of sp³-hybridized carbons (Fsp3) is 0.200. The van der Waals surface area contributed by atoms with Crippen molar-refractivity contribution in [2.45, 2.75) is 0 Å². The van der Waals surface area contributed by atoms with E-state index in [-0.39, 0.29) is 11.1 Å². The summed E-state index contributed by atoms with van der Waals surface area (Å²) < 4.78 is 1.25. The van der Waals surface area contributed by atoms with Gasteiger partial charge in [-0.15, -0.1) is 0 Å². The van der Waals surface area contributed by atoms with Gasteiger partial charge in [0, 0.05) is 13.2 Å². The standard InChI is InChI=1S/C5H5N3O/c1-8-5(9)4(2-6)3-7-8/h3,7H,1H3. The Morgan fingerprint density at radius 2 is 2.56 bits per heavy atom. The molecular weight excluding hydrogens is 118 g/mol. The van der Waals surface area contributed by atoms with Crippen LogP contribution >= 0.6 is 0 Å². The number of rotatable bonds is 0. The summed E-state index contributed by atoms with van der Waals surface area (Å²) in [5.41, 5.74) is -0.130. The van der Waals surface area contributed by atoms with Crippen LogP contribution in [0.15, 0.2) is 11.0 Å². The van der Waals surface area contributed by atoms with Gasteiger partial charge in [-0.3, -0.25) is 9.48 Å². The molecule has 1 rings (SSSR count). The van der Waals surface area contributed by atoms with Crippen LogP contribution < -0.4 is 5.56 Å². The predicted molar refractivity (Wildman–Crippen MR) is 30.7 cm³/mol. The first-order valence-corrected chi connectivity index (χ1v) is 2.40. The van der Waals surface area contributed by atoms with Crippen LogP contribution in [0.3, 0.4) is 0 Å². The van der Waals surface area contributed by atoms with E-state index in [9.17, 15) is 4.79 Å². The number of hydrogen-bond donors (Lipinski definition) is 1. The molecule has 0 aliphatic heterocycles. The van der Waals surface area contributed by atoms with Gasteiger partial charge >= 0.3 is 0 Å². The van der Waals surface area contributed by atoms with Gasteiger partial charge in [-0.25, -0.2) is 0 Å². The van der Waals surface area contributed by atoms with Crippen LogP contribution in [0.4, 0.5) is 0 Å². The highest BCUT2D eigenvalue weighted by atomic mass is 16.1. The number of nitrogens with one attached hydrogen (secondary N) is 1. The zero-order valence-electron chi connectivity index (χ0n) is 4.88. The first-order valence-electron chi connectivity index (χ1n) is 2.40. The van der Waals surface area contributed by atoms with Gasteiger partial charge in [-0.2, -0.15) is 5.26 Å². The first kappa shape index (κ1) is 5.63. The van der Waals surface area contributed by atoms with E-state index in [0.717, 1.165) is 0 Å². The van der Waals surface area contributed by atoms with Crippen molar-refractivity contribution in [2.75, 3.05) is 0 Å². The van der Waals surface area contributed by atoms with Crippen molar-refractivity contribution in [3.05, 3.63) is 22.1 Å². The molecule has 0 unspecified atom stereocenters. The molecule has 0 fully saturated rings. The average molecular weight is 123 g/mol. The Hall–Kier alpha value is -1.50. The Labute approximate surface area is 51.3 Å². The molecule has 0 spiro atoms. The van der Waals surface area contributed by atoms with E-state index in [4.69, 9.17) is 5.26 Å². The molecule has 4 nitrogen and oxygen atoms in total. The molecule has 0 amide bonds. The van der Waals surface area contributed by atoms with Crippen LogP contribution in [0.25, 0.3) is 0 Å². The summed E-state index contributed by atoms with van der Waals surface area (Å²) in [7, 11) is 1.56. The maximum absolute atomic E-state index is 10.7. The van der Waals surface area contributed by atoms with E-state index in [1.165, 1.54) is 10.9 Å². The number of nitriles is 1. The highest BCUT2D eigenvalue weighted by Gasteiger charge is 1.98. The fourth-order valence-corrected chi connectivity index (χ4v) is 0.543. The summed E-state index contributed by atoms with van der Waals surface area (Å²) in [6.45, 7) is 0. The van der Waals surface area contributed by atoms with E-state index in [2.05, 4.69) is 5.10 Å². The summed E-state index contributed by atoms with van der Waals surface area (Å²) in [6.07, 6.45) is 1.38. The third kappa shape index (κ3) is 0.722. The maximum Gasteiger partial charge on any atom is 0.284 e. The van der Waals surface area contributed by atoms with E-state index >= 15 is 0 Å². The van der Waals surface area contributed by atoms with Crippen molar-refractivity contribution in [3.63, 3.8) is 0 Å². The van der Waals surface area contributed by atoms with E-state index in [0.29, 0.717) is 0 Å². The van der Waals surface area contributed by atoms with Gasteiger partial charge < -0.3 is 5.10 Å². The highest BCUT2D eigenvalue weighted by molar-refractivity contribution is 5.21. The summed E-state index contributed by atoms with van der Waals surface area (Å²) in [4.78, 5) is 10.7. The van der Waals surface area contributed by atoms with Gasteiger partial charge in [0.1, 0.15) is 11.6 Å². The second-order valence-corrected chi connectivity index (χ2v) is 1.66. The minimum absolute atomic E-state index is 0.150. The quantitative estimate of drug-likeness (QED) is 0.509. The molecule has 1 aromatic heterocycles. The molecule has 0 aliphatic carbocycles. The van der Waals surface area contributed by atoms with Crippen LogP contribution in [0, 0.1) is 11.3 Å². The molecule has 0 aromatic carbocycles. The molecule has 0 saturated carbocycles. The number of aryl methyl sites for hydroxylation is 1. The molecule has 0 bridgehead atoms. The number of H-pyrrole nitrogens is 1. The Morgan fingerprint density at radius 3 is 2.78 bits per heavy atom. The highest BCUT2D eigenvalue weighted by Crippen LogP contribution is 1.80. The third-order valence-electron chi connectivity index (χ3n) is 1.06. The zero-order chi connectivity index (χ0) is 6.85. The Balaban J connectivity index is 3.42. The predicted octanol–water partition coefficient (Wildman–Crippen LogP) is -0.415. The average Bonchev–Trinajstić information content (AvgIpc) is 2.15. The number of aromatic amines is 1. The van der Waals surface area contributed by atoms with Crippen LogP contribution in [-0.4, -0.2) is 9.78 Å². The molecule has 0 atom stereocenters. The largest absolute Gasteiger partial charge is 0.302 e. The van der Waals surface area contributed by atoms with Gasteiger partial charge in [0.2, 0.25) is 0 Å². The van der Waals surface area contributed by atoms with Crippen LogP contribution in [0.5, 0.6) is 0 Å². The Morgan fingerprint density at radius 1 is 1.89 bits per heavy atom. The van der Waals surface area contributed by atoms with E-state index in [1.807, 2.05) is 0 Å². The fourth-order valence-electron chi connectivity index (χ4n) is 0.543. The van der Waals surface area contributed by atoms with Gasteiger partial charge in [-0.1, -0.05) is 0 Å². The van der Waals surface area contributed by atoms with E-state index < -0.39 is 0 Å². The smallest absolute Gasteiger partial charge is 0.284 e. The molecular formula is C5H5N3O. The molecule has 0 saturated heterocycles. The Kier molecular flexibility index (Phi) is 1.12. The van der Waals surface area contributed by atoms with E-state index in [1.54, 1.807) is 13.1 Å². The Bertz CT molecular complexity index is 301. The normalized spacial score (nSPS) is 8.89. The first-order chi connectivity index (χ1) is 4.25. The van der Waals surface area contributed by atoms with Gasteiger partial charge in [0.15, 0.2) is 0 Å². The van der Waals surface area contributed by atoms with Crippen LogP contribution in [0.2, 0.25) is 0 Å². The topological polar surface area (TPSA) is 61.6 Å². The lowest BCUT2D eigenvalue weighted by atomic mass is 10.4. The molecule has 0 aliphatic rings. The second kappa shape index (κ2) is 1.78. The van der Waals surface area contributed by atoms with Gasteiger partial charge in [0.05, 0.1) is 0 Å². The van der Waals surface area contributed by atoms with Crippen molar-refractivity contribution in [3.8, 4) is 6.07 Å².